The first-order valence-electron chi connectivity index (χ1n) is 9.01. The lowest BCUT2D eigenvalue weighted by molar-refractivity contribution is 0.0965. The number of hydrogen-bond donors (Lipinski definition) is 2. The first-order chi connectivity index (χ1) is 12.3. The van der Waals surface area contributed by atoms with Crippen molar-refractivity contribution in [1.29, 1.82) is 0 Å². The zero-order valence-electron chi connectivity index (χ0n) is 14.3. The quantitative estimate of drug-likeness (QED) is 0.752. The maximum atomic E-state index is 10.5. The lowest BCUT2D eigenvalue weighted by Crippen LogP contribution is -2.39. The van der Waals surface area contributed by atoms with E-state index in [4.69, 9.17) is 0 Å². The molecule has 1 aliphatic rings. The van der Waals surface area contributed by atoms with Gasteiger partial charge in [0.15, 0.2) is 0 Å². The van der Waals surface area contributed by atoms with Crippen LogP contribution in [0.5, 0.6) is 0 Å². The third kappa shape index (κ3) is 3.89. The van der Waals surface area contributed by atoms with Gasteiger partial charge in [0, 0.05) is 12.5 Å². The molecule has 1 atom stereocenters. The van der Waals surface area contributed by atoms with Gasteiger partial charge in [0.2, 0.25) is 0 Å². The normalized spacial score (nSPS) is 17.8. The molecule has 25 heavy (non-hydrogen) atoms. The number of piperidine rings is 1. The lowest BCUT2D eigenvalue weighted by atomic mass is 9.95. The van der Waals surface area contributed by atoms with E-state index in [1.54, 1.807) is 6.33 Å². The van der Waals surface area contributed by atoms with Gasteiger partial charge in [-0.1, -0.05) is 42.5 Å². The summed E-state index contributed by atoms with van der Waals surface area (Å²) in [7, 11) is 0. The Bertz CT molecular complexity index is 809. The van der Waals surface area contributed by atoms with Crippen molar-refractivity contribution in [2.75, 3.05) is 19.6 Å². The summed E-state index contributed by atoms with van der Waals surface area (Å²) in [5, 5.41) is 19.9. The first kappa shape index (κ1) is 16.2. The van der Waals surface area contributed by atoms with Gasteiger partial charge in [-0.2, -0.15) is 5.10 Å². The molecule has 0 amide bonds. The number of aliphatic hydroxyl groups excluding tert-OH is 1. The van der Waals surface area contributed by atoms with E-state index < -0.39 is 0 Å². The fourth-order valence-corrected chi connectivity index (χ4v) is 3.80. The molecule has 5 nitrogen and oxygen atoms in total. The number of H-pyrrole nitrogens is 1. The molecule has 0 radical (unpaired) electrons. The number of aromatic nitrogens is 3. The lowest BCUT2D eigenvalue weighted by Gasteiger charge is -2.32. The molecule has 1 saturated heterocycles. The molecule has 0 spiro atoms. The molecular weight excluding hydrogens is 312 g/mol. The summed E-state index contributed by atoms with van der Waals surface area (Å²) in [5.41, 5.74) is 1.20. The highest BCUT2D eigenvalue weighted by atomic mass is 16.3. The van der Waals surface area contributed by atoms with E-state index in [0.29, 0.717) is 12.3 Å². The minimum absolute atomic E-state index is 0.331. The van der Waals surface area contributed by atoms with Crippen LogP contribution in [0.1, 0.15) is 30.1 Å². The highest BCUT2D eigenvalue weighted by Crippen LogP contribution is 2.25. The number of aliphatic hydroxyl groups is 1. The smallest absolute Gasteiger partial charge is 0.137 e. The molecule has 1 aliphatic heterocycles. The zero-order chi connectivity index (χ0) is 17.1. The van der Waals surface area contributed by atoms with Crippen molar-refractivity contribution in [3.8, 4) is 0 Å². The Morgan fingerprint density at radius 3 is 2.68 bits per heavy atom. The van der Waals surface area contributed by atoms with Gasteiger partial charge >= 0.3 is 0 Å². The van der Waals surface area contributed by atoms with Crippen LogP contribution in [-0.2, 0) is 6.42 Å². The highest BCUT2D eigenvalue weighted by molar-refractivity contribution is 5.82. The predicted molar refractivity (Wildman–Crippen MR) is 98.5 cm³/mol. The number of aromatic amines is 1. The van der Waals surface area contributed by atoms with Crippen LogP contribution in [0, 0.1) is 0 Å². The monoisotopic (exact) mass is 336 g/mol. The van der Waals surface area contributed by atoms with Crippen LogP contribution < -0.4 is 0 Å². The molecule has 0 aliphatic carbocycles. The van der Waals surface area contributed by atoms with Crippen LogP contribution in [0.4, 0.5) is 0 Å². The Labute approximate surface area is 147 Å². The standard InChI is InChI=1S/C20H24N4O/c25-19(12-15-5-6-16-3-1-2-4-18(16)11-15)13-24-9-7-17(8-10-24)20-21-14-22-23-20/h1-6,11,14,17,19,25H,7-10,12-13H2,(H,21,22,23). The summed E-state index contributed by atoms with van der Waals surface area (Å²) >= 11 is 0. The van der Waals surface area contributed by atoms with Crippen LogP contribution >= 0.6 is 0 Å². The van der Waals surface area contributed by atoms with Gasteiger partial charge < -0.3 is 10.0 Å². The fraction of sp³-hybridized carbons (Fsp3) is 0.400. The van der Waals surface area contributed by atoms with Crippen LogP contribution in [0.3, 0.4) is 0 Å². The number of hydrogen-bond acceptors (Lipinski definition) is 4. The van der Waals surface area contributed by atoms with Gasteiger partial charge in [0.1, 0.15) is 12.2 Å². The van der Waals surface area contributed by atoms with E-state index in [0.717, 1.165) is 38.3 Å². The number of rotatable bonds is 5. The van der Waals surface area contributed by atoms with Crippen molar-refractivity contribution in [1.82, 2.24) is 20.1 Å². The molecule has 0 bridgehead atoms. The van der Waals surface area contributed by atoms with E-state index in [1.165, 1.54) is 16.3 Å². The number of likely N-dealkylation sites (tertiary alicyclic amines) is 1. The molecule has 1 unspecified atom stereocenters. The van der Waals surface area contributed by atoms with Crippen molar-refractivity contribution in [3.05, 3.63) is 60.2 Å². The van der Waals surface area contributed by atoms with E-state index in [1.807, 2.05) is 0 Å². The van der Waals surface area contributed by atoms with Crippen LogP contribution in [-0.4, -0.2) is 50.9 Å². The molecule has 1 fully saturated rings. The molecule has 4 rings (SSSR count). The van der Waals surface area contributed by atoms with Gasteiger partial charge in [0.05, 0.1) is 6.10 Å². The topological polar surface area (TPSA) is 65.0 Å². The van der Waals surface area contributed by atoms with Gasteiger partial charge in [-0.3, -0.25) is 5.10 Å². The van der Waals surface area contributed by atoms with Crippen LogP contribution in [0.15, 0.2) is 48.8 Å². The van der Waals surface area contributed by atoms with Crippen molar-refractivity contribution >= 4 is 10.8 Å². The number of β-amino-alcohol motifs (C(OH)–C–C–N with tert-alkyl or cyclic N) is 1. The summed E-state index contributed by atoms with van der Waals surface area (Å²) in [6.45, 7) is 2.73. The maximum Gasteiger partial charge on any atom is 0.137 e. The van der Waals surface area contributed by atoms with E-state index in [-0.39, 0.29) is 6.10 Å². The van der Waals surface area contributed by atoms with Crippen LogP contribution in [0.2, 0.25) is 0 Å². The molecule has 5 heteroatoms. The van der Waals surface area contributed by atoms with Crippen molar-refractivity contribution < 1.29 is 5.11 Å². The minimum atomic E-state index is -0.331. The number of benzene rings is 2. The SMILES string of the molecule is OC(Cc1ccc2ccccc2c1)CN1CCC(c2ncn[nH]2)CC1. The summed E-state index contributed by atoms with van der Waals surface area (Å²) < 4.78 is 0. The maximum absolute atomic E-state index is 10.5. The Hall–Kier alpha value is -2.24. The van der Waals surface area contributed by atoms with Crippen molar-refractivity contribution in [3.63, 3.8) is 0 Å². The van der Waals surface area contributed by atoms with E-state index in [9.17, 15) is 5.11 Å². The Balaban J connectivity index is 1.30. The summed E-state index contributed by atoms with van der Waals surface area (Å²) in [5.74, 6) is 1.47. The van der Waals surface area contributed by atoms with Gasteiger partial charge in [-0.05, 0) is 48.7 Å². The average Bonchev–Trinajstić information content (AvgIpc) is 3.17. The summed E-state index contributed by atoms with van der Waals surface area (Å²) in [6.07, 6.45) is 4.08. The fourth-order valence-electron chi connectivity index (χ4n) is 3.80. The van der Waals surface area contributed by atoms with Gasteiger partial charge in [-0.25, -0.2) is 4.98 Å². The van der Waals surface area contributed by atoms with E-state index >= 15 is 0 Å². The Morgan fingerprint density at radius 2 is 1.92 bits per heavy atom. The molecule has 1 aromatic heterocycles. The predicted octanol–water partition coefficient (Wildman–Crippen LogP) is 2.74. The van der Waals surface area contributed by atoms with Gasteiger partial charge in [0.25, 0.3) is 0 Å². The Kier molecular flexibility index (Phi) is 4.76. The van der Waals surface area contributed by atoms with Crippen molar-refractivity contribution in [2.24, 2.45) is 0 Å². The van der Waals surface area contributed by atoms with Gasteiger partial charge in [-0.15, -0.1) is 0 Å². The molecule has 2 heterocycles. The summed E-state index contributed by atoms with van der Waals surface area (Å²) in [4.78, 5) is 6.63. The molecule has 130 valence electrons. The van der Waals surface area contributed by atoms with Crippen LogP contribution in [0.25, 0.3) is 10.8 Å². The minimum Gasteiger partial charge on any atom is -0.391 e. The second kappa shape index (κ2) is 7.33. The molecular formula is C20H24N4O. The summed E-state index contributed by atoms with van der Waals surface area (Å²) in [6, 6.07) is 14.8. The second-order valence-corrected chi connectivity index (χ2v) is 6.99. The largest absolute Gasteiger partial charge is 0.391 e. The number of nitrogens with one attached hydrogen (secondary N) is 1. The molecule has 2 N–H and O–H groups in total. The average molecular weight is 336 g/mol. The number of nitrogens with zero attached hydrogens (tertiary/aromatic N) is 3. The molecule has 2 aromatic carbocycles. The molecule has 0 saturated carbocycles. The Morgan fingerprint density at radius 1 is 1.12 bits per heavy atom. The third-order valence-corrected chi connectivity index (χ3v) is 5.16. The third-order valence-electron chi connectivity index (χ3n) is 5.16. The second-order valence-electron chi connectivity index (χ2n) is 6.99. The highest BCUT2D eigenvalue weighted by Gasteiger charge is 2.23. The van der Waals surface area contributed by atoms with E-state index in [2.05, 4.69) is 62.5 Å². The molecule has 3 aromatic rings. The zero-order valence-corrected chi connectivity index (χ0v) is 14.3. The van der Waals surface area contributed by atoms with Crippen molar-refractivity contribution in [2.45, 2.75) is 31.3 Å². The number of fused-ring (bicyclic) bond motifs is 1. The first-order valence-corrected chi connectivity index (χ1v) is 9.01.